The van der Waals surface area contributed by atoms with Crippen molar-refractivity contribution in [3.05, 3.63) is 34.1 Å². The van der Waals surface area contributed by atoms with Gasteiger partial charge in [-0.2, -0.15) is 0 Å². The van der Waals surface area contributed by atoms with Crippen molar-refractivity contribution in [1.82, 2.24) is 0 Å². The number of carbonyl (C=O) groups excluding carboxylic acids is 1. The van der Waals surface area contributed by atoms with Crippen LogP contribution < -0.4 is 4.90 Å². The molecule has 0 spiro atoms. The van der Waals surface area contributed by atoms with Gasteiger partial charge in [0, 0.05) is 19.0 Å². The molecule has 0 fully saturated rings. The molecule has 0 N–H and O–H groups in total. The van der Waals surface area contributed by atoms with E-state index in [4.69, 9.17) is 0 Å². The number of rotatable bonds is 5. The topological polar surface area (TPSA) is 63.5 Å². The molecule has 0 bridgehead atoms. The molecule has 0 radical (unpaired) electrons. The fraction of sp³-hybridized carbons (Fsp3) is 0.417. The highest BCUT2D eigenvalue weighted by Crippen LogP contribution is 2.24. The Morgan fingerprint density at radius 1 is 1.44 bits per heavy atom. The average Bonchev–Trinajstić information content (AvgIpc) is 2.35. The van der Waals surface area contributed by atoms with E-state index in [-0.39, 0.29) is 23.7 Å². The van der Waals surface area contributed by atoms with Gasteiger partial charge in [0.05, 0.1) is 16.7 Å². The molecule has 6 heteroatoms. The van der Waals surface area contributed by atoms with Crippen molar-refractivity contribution in [1.29, 1.82) is 0 Å². The largest absolute Gasteiger partial charge is 0.310 e. The number of halogens is 1. The Bertz CT molecular complexity index is 463. The average molecular weight is 254 g/mol. The predicted octanol–water partition coefficient (Wildman–Crippen LogP) is 2.89. The van der Waals surface area contributed by atoms with Crippen LogP contribution >= 0.6 is 0 Å². The summed E-state index contributed by atoms with van der Waals surface area (Å²) in [6.07, 6.45) is 0.943. The zero-order valence-corrected chi connectivity index (χ0v) is 10.4. The zero-order valence-electron chi connectivity index (χ0n) is 10.4. The zero-order chi connectivity index (χ0) is 13.7. The molecule has 0 unspecified atom stereocenters. The summed E-state index contributed by atoms with van der Waals surface area (Å²) in [4.78, 5) is 22.9. The van der Waals surface area contributed by atoms with E-state index in [1.807, 2.05) is 6.92 Å². The van der Waals surface area contributed by atoms with Crippen LogP contribution in [0.15, 0.2) is 18.2 Å². The van der Waals surface area contributed by atoms with Crippen molar-refractivity contribution < 1.29 is 14.1 Å². The smallest absolute Gasteiger partial charge is 0.272 e. The molecule has 18 heavy (non-hydrogen) atoms. The first kappa shape index (κ1) is 14.1. The van der Waals surface area contributed by atoms with Gasteiger partial charge < -0.3 is 4.90 Å². The third-order valence-electron chi connectivity index (χ3n) is 2.48. The van der Waals surface area contributed by atoms with Gasteiger partial charge in [-0.3, -0.25) is 14.9 Å². The van der Waals surface area contributed by atoms with E-state index in [9.17, 15) is 19.3 Å². The summed E-state index contributed by atoms with van der Waals surface area (Å²) >= 11 is 0. The van der Waals surface area contributed by atoms with Gasteiger partial charge in [-0.25, -0.2) is 4.39 Å². The predicted molar refractivity (Wildman–Crippen MR) is 66.0 cm³/mol. The number of benzene rings is 1. The lowest BCUT2D eigenvalue weighted by atomic mass is 10.2. The third kappa shape index (κ3) is 3.03. The number of anilines is 1. The molecule has 5 nitrogen and oxygen atoms in total. The van der Waals surface area contributed by atoms with E-state index in [1.165, 1.54) is 17.0 Å². The number of nitrogens with zero attached hydrogens (tertiary/aromatic N) is 2. The molecular formula is C12H15FN2O3. The van der Waals surface area contributed by atoms with Gasteiger partial charge in [0.1, 0.15) is 0 Å². The highest BCUT2D eigenvalue weighted by molar-refractivity contribution is 5.93. The van der Waals surface area contributed by atoms with Gasteiger partial charge >= 0.3 is 0 Å². The first-order valence-corrected chi connectivity index (χ1v) is 5.75. The van der Waals surface area contributed by atoms with Crippen molar-refractivity contribution in [3.8, 4) is 0 Å². The fourth-order valence-electron chi connectivity index (χ4n) is 1.62. The monoisotopic (exact) mass is 254 g/mol. The van der Waals surface area contributed by atoms with Crippen LogP contribution in [0.2, 0.25) is 0 Å². The fourth-order valence-corrected chi connectivity index (χ4v) is 1.62. The summed E-state index contributed by atoms with van der Waals surface area (Å²) in [6, 6.07) is 3.31. The molecule has 0 heterocycles. The Hall–Kier alpha value is -1.98. The number of hydrogen-bond acceptors (Lipinski definition) is 3. The Morgan fingerprint density at radius 2 is 2.11 bits per heavy atom. The Kier molecular flexibility index (Phi) is 4.76. The highest BCUT2D eigenvalue weighted by Gasteiger charge is 2.19. The number of hydrogen-bond donors (Lipinski definition) is 0. The molecule has 1 aromatic rings. The summed E-state index contributed by atoms with van der Waals surface area (Å²) < 4.78 is 13.8. The van der Waals surface area contributed by atoms with Crippen molar-refractivity contribution >= 4 is 17.3 Å². The van der Waals surface area contributed by atoms with Crippen LogP contribution in [-0.2, 0) is 4.79 Å². The van der Waals surface area contributed by atoms with E-state index in [0.717, 1.165) is 6.07 Å². The molecule has 1 aromatic carbocycles. The van der Waals surface area contributed by atoms with Crippen molar-refractivity contribution in [2.75, 3.05) is 11.4 Å². The lowest BCUT2D eigenvalue weighted by Crippen LogP contribution is -2.31. The second-order valence-corrected chi connectivity index (χ2v) is 3.79. The van der Waals surface area contributed by atoms with Crippen LogP contribution in [-0.4, -0.2) is 17.4 Å². The summed E-state index contributed by atoms with van der Waals surface area (Å²) in [6.45, 7) is 3.95. The first-order chi connectivity index (χ1) is 8.51. The maximum absolute atomic E-state index is 13.8. The minimum absolute atomic E-state index is 0.0919. The molecule has 0 aliphatic rings. The van der Waals surface area contributed by atoms with E-state index >= 15 is 0 Å². The van der Waals surface area contributed by atoms with Gasteiger partial charge in [0.25, 0.3) is 5.69 Å². The van der Waals surface area contributed by atoms with Crippen molar-refractivity contribution in [3.63, 3.8) is 0 Å². The molecule has 1 amide bonds. The van der Waals surface area contributed by atoms with Crippen LogP contribution in [0.5, 0.6) is 0 Å². The third-order valence-corrected chi connectivity index (χ3v) is 2.48. The van der Waals surface area contributed by atoms with Crippen LogP contribution in [0.4, 0.5) is 15.8 Å². The SMILES string of the molecule is CCCN(C(=O)CC)c1ccc([N+](=O)[O-])cc1F. The Morgan fingerprint density at radius 3 is 2.56 bits per heavy atom. The number of amides is 1. The van der Waals surface area contributed by atoms with E-state index < -0.39 is 10.7 Å². The van der Waals surface area contributed by atoms with E-state index in [1.54, 1.807) is 6.92 Å². The summed E-state index contributed by atoms with van der Waals surface area (Å²) in [5, 5.41) is 10.5. The molecule has 0 saturated carbocycles. The summed E-state index contributed by atoms with van der Waals surface area (Å²) in [7, 11) is 0. The lowest BCUT2D eigenvalue weighted by Gasteiger charge is -2.22. The number of nitro benzene ring substituents is 1. The normalized spacial score (nSPS) is 10.2. The van der Waals surface area contributed by atoms with E-state index in [2.05, 4.69) is 0 Å². The number of nitro groups is 1. The molecule has 0 aliphatic heterocycles. The summed E-state index contributed by atoms with van der Waals surface area (Å²) in [5.41, 5.74) is -0.231. The quantitative estimate of drug-likeness (QED) is 0.599. The maximum Gasteiger partial charge on any atom is 0.272 e. The maximum atomic E-state index is 13.8. The highest BCUT2D eigenvalue weighted by atomic mass is 19.1. The Balaban J connectivity index is 3.13. The van der Waals surface area contributed by atoms with Crippen LogP contribution in [0.25, 0.3) is 0 Å². The molecule has 98 valence electrons. The molecule has 1 rings (SSSR count). The van der Waals surface area contributed by atoms with Gasteiger partial charge in [0.2, 0.25) is 5.91 Å². The van der Waals surface area contributed by atoms with Crippen LogP contribution in [0.3, 0.4) is 0 Å². The number of non-ortho nitro benzene ring substituents is 1. The molecule has 0 aromatic heterocycles. The Labute approximate surface area is 104 Å². The molecular weight excluding hydrogens is 239 g/mol. The molecule has 0 aliphatic carbocycles. The van der Waals surface area contributed by atoms with Crippen molar-refractivity contribution in [2.24, 2.45) is 0 Å². The minimum atomic E-state index is -0.751. The number of carbonyl (C=O) groups is 1. The van der Waals surface area contributed by atoms with E-state index in [0.29, 0.717) is 13.0 Å². The van der Waals surface area contributed by atoms with Gasteiger partial charge in [-0.05, 0) is 12.5 Å². The standard InChI is InChI=1S/C12H15FN2O3/c1-3-7-14(12(16)4-2)11-6-5-9(15(17)18)8-10(11)13/h5-6,8H,3-4,7H2,1-2H3. The van der Waals surface area contributed by atoms with Crippen molar-refractivity contribution in [2.45, 2.75) is 26.7 Å². The van der Waals surface area contributed by atoms with Gasteiger partial charge in [-0.15, -0.1) is 0 Å². The first-order valence-electron chi connectivity index (χ1n) is 5.75. The van der Waals surface area contributed by atoms with Gasteiger partial charge in [-0.1, -0.05) is 13.8 Å². The summed E-state index contributed by atoms with van der Waals surface area (Å²) in [5.74, 6) is -0.955. The van der Waals surface area contributed by atoms with Crippen LogP contribution in [0, 0.1) is 15.9 Å². The lowest BCUT2D eigenvalue weighted by molar-refractivity contribution is -0.385. The molecule has 0 atom stereocenters. The minimum Gasteiger partial charge on any atom is -0.310 e. The second kappa shape index (κ2) is 6.09. The molecule has 0 saturated heterocycles. The van der Waals surface area contributed by atoms with Crippen LogP contribution in [0.1, 0.15) is 26.7 Å². The second-order valence-electron chi connectivity index (χ2n) is 3.79. The van der Waals surface area contributed by atoms with Gasteiger partial charge in [0.15, 0.2) is 5.82 Å².